The zero-order valence-electron chi connectivity index (χ0n) is 19.4. The second-order valence-corrected chi connectivity index (χ2v) is 9.20. The van der Waals surface area contributed by atoms with Gasteiger partial charge in [0.25, 0.3) is 5.91 Å². The Kier molecular flexibility index (Phi) is 5.96. The Hall–Kier alpha value is -3.47. The van der Waals surface area contributed by atoms with Crippen LogP contribution in [0.5, 0.6) is 0 Å². The first kappa shape index (κ1) is 23.3. The van der Waals surface area contributed by atoms with Crippen molar-refractivity contribution in [1.29, 1.82) is 0 Å². The minimum atomic E-state index is -0.752. The molecule has 182 valence electrons. The van der Waals surface area contributed by atoms with Crippen molar-refractivity contribution in [2.75, 3.05) is 16.9 Å². The third-order valence-electron chi connectivity index (χ3n) is 6.39. The molecule has 4 N–H and O–H groups in total. The molecule has 0 radical (unpaired) electrons. The minimum absolute atomic E-state index is 0.00159. The van der Waals surface area contributed by atoms with Crippen molar-refractivity contribution < 1.29 is 14.0 Å². The number of hydrogen-bond acceptors (Lipinski definition) is 6. The van der Waals surface area contributed by atoms with E-state index in [9.17, 15) is 14.0 Å². The summed E-state index contributed by atoms with van der Waals surface area (Å²) in [5, 5.41) is 15.4. The largest absolute Gasteiger partial charge is 0.321 e. The van der Waals surface area contributed by atoms with Gasteiger partial charge in [0.15, 0.2) is 6.29 Å². The van der Waals surface area contributed by atoms with E-state index in [4.69, 9.17) is 11.6 Å². The molecule has 0 spiro atoms. The summed E-state index contributed by atoms with van der Waals surface area (Å²) in [6.07, 6.45) is -1.11. The van der Waals surface area contributed by atoms with Crippen LogP contribution in [0.1, 0.15) is 33.5 Å². The summed E-state index contributed by atoms with van der Waals surface area (Å²) in [6, 6.07) is 11.8. The van der Waals surface area contributed by atoms with Crippen molar-refractivity contribution in [3.05, 3.63) is 75.7 Å². The summed E-state index contributed by atoms with van der Waals surface area (Å²) in [7, 11) is 0. The van der Waals surface area contributed by atoms with Crippen molar-refractivity contribution >= 4 is 34.9 Å². The van der Waals surface area contributed by atoms with Crippen LogP contribution in [0.3, 0.4) is 0 Å². The number of amides is 2. The SMILES string of the molecule is Cc1cc(NC(=O)c2c(F)cccc2Cl)n(C2NC(=O)C3CNN(c4ccc(C)c(C)c4)C3N2)n1. The lowest BCUT2D eigenvalue weighted by atomic mass is 10.0. The second-order valence-electron chi connectivity index (χ2n) is 8.80. The number of carbonyl (C=O) groups is 2. The molecule has 0 saturated carbocycles. The molecule has 2 aromatic carbocycles. The number of halogens is 2. The zero-order chi connectivity index (χ0) is 24.9. The summed E-state index contributed by atoms with van der Waals surface area (Å²) in [4.78, 5) is 25.8. The topological polar surface area (TPSA) is 103 Å². The lowest BCUT2D eigenvalue weighted by molar-refractivity contribution is -0.129. The Morgan fingerprint density at radius 3 is 2.71 bits per heavy atom. The first-order valence-electron chi connectivity index (χ1n) is 11.2. The molecule has 2 amide bonds. The van der Waals surface area contributed by atoms with Crippen molar-refractivity contribution in [3.63, 3.8) is 0 Å². The summed E-state index contributed by atoms with van der Waals surface area (Å²) >= 11 is 6.05. The predicted octanol–water partition coefficient (Wildman–Crippen LogP) is 3.00. The molecule has 3 unspecified atom stereocenters. The van der Waals surface area contributed by atoms with Crippen molar-refractivity contribution in [2.45, 2.75) is 33.2 Å². The zero-order valence-corrected chi connectivity index (χ0v) is 20.2. The molecule has 0 bridgehead atoms. The molecule has 0 aliphatic carbocycles. The lowest BCUT2D eigenvalue weighted by Crippen LogP contribution is -2.61. The number of aromatic nitrogens is 2. The Bertz CT molecular complexity index is 1310. The van der Waals surface area contributed by atoms with Gasteiger partial charge in [-0.15, -0.1) is 0 Å². The summed E-state index contributed by atoms with van der Waals surface area (Å²) in [5.74, 6) is -1.65. The number of rotatable bonds is 4. The normalized spacial score (nSPS) is 21.6. The number of benzene rings is 2. The van der Waals surface area contributed by atoms with Gasteiger partial charge < -0.3 is 10.6 Å². The van der Waals surface area contributed by atoms with E-state index in [-0.39, 0.29) is 34.4 Å². The minimum Gasteiger partial charge on any atom is -0.321 e. The van der Waals surface area contributed by atoms with Crippen LogP contribution in [0, 0.1) is 32.5 Å². The molecule has 2 fully saturated rings. The van der Waals surface area contributed by atoms with Gasteiger partial charge in [0.2, 0.25) is 5.91 Å². The van der Waals surface area contributed by atoms with E-state index in [1.54, 1.807) is 13.0 Å². The summed E-state index contributed by atoms with van der Waals surface area (Å²) in [6.45, 7) is 6.32. The Morgan fingerprint density at radius 2 is 1.97 bits per heavy atom. The van der Waals surface area contributed by atoms with Crippen LogP contribution in [0.25, 0.3) is 0 Å². The van der Waals surface area contributed by atoms with E-state index in [0.29, 0.717) is 12.2 Å². The summed E-state index contributed by atoms with van der Waals surface area (Å²) in [5.41, 5.74) is 6.90. The number of nitrogens with zero attached hydrogens (tertiary/aromatic N) is 3. The van der Waals surface area contributed by atoms with Gasteiger partial charge in [-0.25, -0.2) is 14.5 Å². The fraction of sp³-hybridized carbons (Fsp3) is 0.292. The van der Waals surface area contributed by atoms with Crippen molar-refractivity contribution in [2.24, 2.45) is 5.92 Å². The molecule has 2 aliphatic rings. The Balaban J connectivity index is 1.42. The highest BCUT2D eigenvalue weighted by Crippen LogP contribution is 2.29. The van der Waals surface area contributed by atoms with E-state index in [0.717, 1.165) is 11.3 Å². The first-order valence-corrected chi connectivity index (χ1v) is 11.6. The third-order valence-corrected chi connectivity index (χ3v) is 6.70. The molecule has 1 aromatic heterocycles. The number of nitrogens with one attached hydrogen (secondary N) is 4. The van der Waals surface area contributed by atoms with Crippen LogP contribution in [0.15, 0.2) is 42.5 Å². The van der Waals surface area contributed by atoms with E-state index in [2.05, 4.69) is 32.5 Å². The smallest absolute Gasteiger partial charge is 0.261 e. The number of fused-ring (bicyclic) bond motifs is 1. The maximum absolute atomic E-state index is 14.3. The fourth-order valence-corrected chi connectivity index (χ4v) is 4.67. The maximum Gasteiger partial charge on any atom is 0.261 e. The Morgan fingerprint density at radius 1 is 1.17 bits per heavy atom. The van der Waals surface area contributed by atoms with E-state index < -0.39 is 18.0 Å². The van der Waals surface area contributed by atoms with Gasteiger partial charge in [0, 0.05) is 12.6 Å². The average Bonchev–Trinajstić information content (AvgIpc) is 3.39. The molecule has 3 heterocycles. The van der Waals surface area contributed by atoms with Crippen molar-refractivity contribution in [3.8, 4) is 0 Å². The van der Waals surface area contributed by atoms with Gasteiger partial charge in [-0.05, 0) is 56.2 Å². The number of anilines is 2. The van der Waals surface area contributed by atoms with E-state index in [1.165, 1.54) is 28.4 Å². The molecule has 3 aromatic rings. The molecular formula is C24H25ClFN7O2. The number of hydrazine groups is 1. The van der Waals surface area contributed by atoms with Gasteiger partial charge in [0.1, 0.15) is 17.8 Å². The lowest BCUT2D eigenvalue weighted by Gasteiger charge is -2.37. The molecule has 9 nitrogen and oxygen atoms in total. The van der Waals surface area contributed by atoms with E-state index >= 15 is 0 Å². The molecule has 5 rings (SSSR count). The Labute approximate surface area is 206 Å². The van der Waals surface area contributed by atoms with Crippen LogP contribution in [0.4, 0.5) is 15.9 Å². The number of aryl methyl sites for hydroxylation is 3. The quantitative estimate of drug-likeness (QED) is 0.442. The van der Waals surface area contributed by atoms with Gasteiger partial charge in [-0.2, -0.15) is 5.10 Å². The highest BCUT2D eigenvalue weighted by molar-refractivity contribution is 6.34. The van der Waals surface area contributed by atoms with E-state index in [1.807, 2.05) is 31.0 Å². The predicted molar refractivity (Wildman–Crippen MR) is 130 cm³/mol. The van der Waals surface area contributed by atoms with Gasteiger partial charge in [0.05, 0.1) is 27.9 Å². The van der Waals surface area contributed by atoms with Crippen LogP contribution in [0.2, 0.25) is 5.02 Å². The fourth-order valence-electron chi connectivity index (χ4n) is 4.42. The molecule has 2 saturated heterocycles. The van der Waals surface area contributed by atoms with Gasteiger partial charge in [-0.1, -0.05) is 23.7 Å². The average molecular weight is 498 g/mol. The number of carbonyl (C=O) groups excluding carboxylic acids is 2. The number of hydrogen-bond donors (Lipinski definition) is 4. The molecular weight excluding hydrogens is 473 g/mol. The molecule has 35 heavy (non-hydrogen) atoms. The standard InChI is InChI=1S/C24H25ClFN7O2/c1-12-7-8-15(9-13(12)2)32-21-16(11-27-32)22(34)30-24(29-21)33-19(10-14(3)31-33)28-23(35)20-17(25)5-4-6-18(20)26/h4-10,16,21,24,27,29H,11H2,1-3H3,(H,28,35)(H,30,34). The van der Waals surface area contributed by atoms with Gasteiger partial charge >= 0.3 is 0 Å². The highest BCUT2D eigenvalue weighted by atomic mass is 35.5. The van der Waals surface area contributed by atoms with Crippen LogP contribution in [-0.4, -0.2) is 34.3 Å². The van der Waals surface area contributed by atoms with Gasteiger partial charge in [-0.3, -0.25) is 19.9 Å². The van der Waals surface area contributed by atoms with Crippen LogP contribution >= 0.6 is 11.6 Å². The van der Waals surface area contributed by atoms with Crippen LogP contribution < -0.4 is 26.4 Å². The molecule has 2 aliphatic heterocycles. The third kappa shape index (κ3) is 4.24. The molecule has 3 atom stereocenters. The maximum atomic E-state index is 14.3. The van der Waals surface area contributed by atoms with Crippen molar-refractivity contribution in [1.82, 2.24) is 25.8 Å². The highest BCUT2D eigenvalue weighted by Gasteiger charge is 2.45. The molecule has 11 heteroatoms. The second kappa shape index (κ2) is 8.95. The summed E-state index contributed by atoms with van der Waals surface area (Å²) < 4.78 is 15.7. The monoisotopic (exact) mass is 497 g/mol. The van der Waals surface area contributed by atoms with Crippen LogP contribution in [-0.2, 0) is 4.79 Å². The first-order chi connectivity index (χ1) is 16.7.